The van der Waals surface area contributed by atoms with Gasteiger partial charge in [0.25, 0.3) is 5.91 Å². The lowest BCUT2D eigenvalue weighted by Crippen LogP contribution is -2.24. The largest absolute Gasteiger partial charge is 0.346 e. The van der Waals surface area contributed by atoms with E-state index in [1.54, 1.807) is 24.0 Å². The molecule has 0 unspecified atom stereocenters. The van der Waals surface area contributed by atoms with Crippen LogP contribution < -0.4 is 5.32 Å². The molecule has 5 nitrogen and oxygen atoms in total. The quantitative estimate of drug-likeness (QED) is 0.859. The standard InChI is InChI=1S/C11H10ClFN4O/c1-17-8(2-3-16-17)6-15-11(18)9-4-7(13)5-14-10(9)12/h2-5H,6H2,1H3,(H,15,18). The van der Waals surface area contributed by atoms with E-state index in [-0.39, 0.29) is 17.3 Å². The second-order valence-corrected chi connectivity index (χ2v) is 3.98. The number of carbonyl (C=O) groups is 1. The number of aryl methyl sites for hydroxylation is 1. The topological polar surface area (TPSA) is 59.8 Å². The number of pyridine rings is 1. The molecule has 0 aliphatic heterocycles. The molecule has 0 spiro atoms. The first-order valence-electron chi connectivity index (χ1n) is 5.14. The number of halogens is 2. The van der Waals surface area contributed by atoms with Crippen molar-refractivity contribution in [2.75, 3.05) is 0 Å². The van der Waals surface area contributed by atoms with E-state index >= 15 is 0 Å². The van der Waals surface area contributed by atoms with Crippen molar-refractivity contribution in [3.63, 3.8) is 0 Å². The van der Waals surface area contributed by atoms with Crippen LogP contribution in [0.4, 0.5) is 4.39 Å². The van der Waals surface area contributed by atoms with Gasteiger partial charge in [0.05, 0.1) is 24.0 Å². The summed E-state index contributed by atoms with van der Waals surface area (Å²) >= 11 is 5.73. The maximum absolute atomic E-state index is 13.0. The van der Waals surface area contributed by atoms with E-state index in [1.807, 2.05) is 0 Å². The number of nitrogens with one attached hydrogen (secondary N) is 1. The molecule has 0 saturated heterocycles. The lowest BCUT2D eigenvalue weighted by atomic mass is 10.2. The first-order valence-corrected chi connectivity index (χ1v) is 5.52. The number of aromatic nitrogens is 3. The normalized spacial score (nSPS) is 10.4. The molecule has 2 heterocycles. The first kappa shape index (κ1) is 12.5. The molecule has 94 valence electrons. The number of carbonyl (C=O) groups excluding carboxylic acids is 1. The van der Waals surface area contributed by atoms with E-state index in [9.17, 15) is 9.18 Å². The number of hydrogen-bond donors (Lipinski definition) is 1. The summed E-state index contributed by atoms with van der Waals surface area (Å²) < 4.78 is 14.6. The van der Waals surface area contributed by atoms with Crippen LogP contribution in [0.3, 0.4) is 0 Å². The molecule has 2 aromatic rings. The van der Waals surface area contributed by atoms with Gasteiger partial charge in [-0.1, -0.05) is 11.6 Å². The van der Waals surface area contributed by atoms with E-state index < -0.39 is 11.7 Å². The van der Waals surface area contributed by atoms with Gasteiger partial charge in [-0.3, -0.25) is 9.48 Å². The summed E-state index contributed by atoms with van der Waals surface area (Å²) in [5, 5.41) is 6.56. The smallest absolute Gasteiger partial charge is 0.254 e. The molecular weight excluding hydrogens is 259 g/mol. The third kappa shape index (κ3) is 2.65. The second kappa shape index (κ2) is 5.14. The van der Waals surface area contributed by atoms with Crippen molar-refractivity contribution in [3.05, 3.63) is 46.8 Å². The van der Waals surface area contributed by atoms with Crippen LogP contribution in [0.2, 0.25) is 5.15 Å². The van der Waals surface area contributed by atoms with E-state index in [2.05, 4.69) is 15.4 Å². The Balaban J connectivity index is 2.08. The summed E-state index contributed by atoms with van der Waals surface area (Å²) in [7, 11) is 1.76. The molecule has 0 saturated carbocycles. The molecule has 2 rings (SSSR count). The Morgan fingerprint density at radius 3 is 3.06 bits per heavy atom. The fourth-order valence-corrected chi connectivity index (χ4v) is 1.61. The maximum Gasteiger partial charge on any atom is 0.254 e. The highest BCUT2D eigenvalue weighted by atomic mass is 35.5. The zero-order valence-electron chi connectivity index (χ0n) is 9.52. The predicted octanol–water partition coefficient (Wildman–Crippen LogP) is 1.54. The number of amides is 1. The summed E-state index contributed by atoms with van der Waals surface area (Å²) in [6.07, 6.45) is 2.58. The zero-order valence-corrected chi connectivity index (χ0v) is 10.3. The zero-order chi connectivity index (χ0) is 13.1. The van der Waals surface area contributed by atoms with Gasteiger partial charge in [-0.2, -0.15) is 5.10 Å². The summed E-state index contributed by atoms with van der Waals surface area (Å²) in [4.78, 5) is 15.4. The van der Waals surface area contributed by atoms with Crippen LogP contribution in [0, 0.1) is 5.82 Å². The molecule has 2 aromatic heterocycles. The molecule has 0 atom stereocenters. The van der Waals surface area contributed by atoms with Crippen molar-refractivity contribution in [2.45, 2.75) is 6.54 Å². The van der Waals surface area contributed by atoms with Crippen LogP contribution in [-0.2, 0) is 13.6 Å². The van der Waals surface area contributed by atoms with Crippen LogP contribution in [-0.4, -0.2) is 20.7 Å². The molecule has 0 aliphatic rings. The van der Waals surface area contributed by atoms with Gasteiger partial charge in [-0.05, 0) is 12.1 Å². The lowest BCUT2D eigenvalue weighted by molar-refractivity contribution is 0.0949. The molecule has 18 heavy (non-hydrogen) atoms. The first-order chi connectivity index (χ1) is 8.58. The highest BCUT2D eigenvalue weighted by molar-refractivity contribution is 6.32. The van der Waals surface area contributed by atoms with Crippen molar-refractivity contribution in [2.24, 2.45) is 7.05 Å². The molecule has 1 amide bonds. The van der Waals surface area contributed by atoms with Crippen molar-refractivity contribution < 1.29 is 9.18 Å². The van der Waals surface area contributed by atoms with Crippen molar-refractivity contribution in [1.82, 2.24) is 20.1 Å². The average molecular weight is 269 g/mol. The van der Waals surface area contributed by atoms with Crippen LogP contribution in [0.5, 0.6) is 0 Å². The minimum absolute atomic E-state index is 0.0128. The van der Waals surface area contributed by atoms with Crippen molar-refractivity contribution in [3.8, 4) is 0 Å². The van der Waals surface area contributed by atoms with Crippen molar-refractivity contribution in [1.29, 1.82) is 0 Å². The van der Waals surface area contributed by atoms with E-state index in [0.717, 1.165) is 18.0 Å². The van der Waals surface area contributed by atoms with E-state index in [1.165, 1.54) is 0 Å². The van der Waals surface area contributed by atoms with Gasteiger partial charge in [-0.25, -0.2) is 9.37 Å². The fourth-order valence-electron chi connectivity index (χ4n) is 1.42. The summed E-state index contributed by atoms with van der Waals surface area (Å²) in [5.41, 5.74) is 0.836. The average Bonchev–Trinajstić information content (AvgIpc) is 2.75. The van der Waals surface area contributed by atoms with Crippen molar-refractivity contribution >= 4 is 17.5 Å². The van der Waals surface area contributed by atoms with Gasteiger partial charge in [0.1, 0.15) is 11.0 Å². The highest BCUT2D eigenvalue weighted by Crippen LogP contribution is 2.13. The third-order valence-electron chi connectivity index (χ3n) is 2.40. The van der Waals surface area contributed by atoms with Gasteiger partial charge in [0.2, 0.25) is 0 Å². The highest BCUT2D eigenvalue weighted by Gasteiger charge is 2.12. The van der Waals surface area contributed by atoms with Gasteiger partial charge < -0.3 is 5.32 Å². The Bertz CT molecular complexity index is 584. The Morgan fingerprint density at radius 2 is 2.39 bits per heavy atom. The molecular formula is C11H10ClFN4O. The molecule has 1 N–H and O–H groups in total. The molecule has 0 fully saturated rings. The monoisotopic (exact) mass is 268 g/mol. The minimum atomic E-state index is -0.606. The SMILES string of the molecule is Cn1nccc1CNC(=O)c1cc(F)cnc1Cl. The number of rotatable bonds is 3. The van der Waals surface area contributed by atoms with Gasteiger partial charge >= 0.3 is 0 Å². The van der Waals surface area contributed by atoms with Crippen LogP contribution in [0.1, 0.15) is 16.1 Å². The van der Waals surface area contributed by atoms with Crippen LogP contribution in [0.25, 0.3) is 0 Å². The number of nitrogens with zero attached hydrogens (tertiary/aromatic N) is 3. The molecule has 0 bridgehead atoms. The summed E-state index contributed by atoms with van der Waals surface area (Å²) in [6.45, 7) is 0.280. The second-order valence-electron chi connectivity index (χ2n) is 3.62. The Labute approximate surface area is 108 Å². The Morgan fingerprint density at radius 1 is 1.61 bits per heavy atom. The van der Waals surface area contributed by atoms with E-state index in [0.29, 0.717) is 0 Å². The predicted molar refractivity (Wildman–Crippen MR) is 63.6 cm³/mol. The fraction of sp³-hybridized carbons (Fsp3) is 0.182. The Kier molecular flexibility index (Phi) is 3.57. The minimum Gasteiger partial charge on any atom is -0.346 e. The van der Waals surface area contributed by atoms with Crippen LogP contribution >= 0.6 is 11.6 Å². The van der Waals surface area contributed by atoms with Gasteiger partial charge in [-0.15, -0.1) is 0 Å². The molecule has 0 radical (unpaired) electrons. The van der Waals surface area contributed by atoms with E-state index in [4.69, 9.17) is 11.6 Å². The summed E-state index contributed by atoms with van der Waals surface area (Å²) in [6, 6.07) is 2.82. The lowest BCUT2D eigenvalue weighted by Gasteiger charge is -2.06. The maximum atomic E-state index is 13.0. The van der Waals surface area contributed by atoms with Gasteiger partial charge in [0.15, 0.2) is 0 Å². The molecule has 7 heteroatoms. The molecule has 0 aromatic carbocycles. The van der Waals surface area contributed by atoms with Gasteiger partial charge in [0, 0.05) is 13.2 Å². The molecule has 0 aliphatic carbocycles. The Hall–Kier alpha value is -1.95. The third-order valence-corrected chi connectivity index (χ3v) is 2.70. The van der Waals surface area contributed by atoms with Crippen LogP contribution in [0.15, 0.2) is 24.5 Å². The summed E-state index contributed by atoms with van der Waals surface area (Å²) in [5.74, 6) is -1.08. The number of hydrogen-bond acceptors (Lipinski definition) is 3.